The van der Waals surface area contributed by atoms with Gasteiger partial charge < -0.3 is 10.0 Å². The van der Waals surface area contributed by atoms with Crippen molar-refractivity contribution in [2.24, 2.45) is 5.92 Å². The van der Waals surface area contributed by atoms with Gasteiger partial charge in [0, 0.05) is 0 Å². The van der Waals surface area contributed by atoms with Gasteiger partial charge in [0.1, 0.15) is 0 Å². The first-order chi connectivity index (χ1) is 4.70. The Bertz CT molecular complexity index is 172. The van der Waals surface area contributed by atoms with Gasteiger partial charge in [0.05, 0.1) is 0 Å². The summed E-state index contributed by atoms with van der Waals surface area (Å²) >= 11 is 0. The Balaban J connectivity index is 2.61. The van der Waals surface area contributed by atoms with E-state index >= 15 is 0 Å². The topological polar surface area (TPSA) is 40.5 Å². The molecule has 0 bridgehead atoms. The van der Waals surface area contributed by atoms with Crippen LogP contribution in [0, 0.1) is 5.92 Å². The van der Waals surface area contributed by atoms with Crippen molar-refractivity contribution in [2.45, 2.75) is 13.3 Å². The van der Waals surface area contributed by atoms with Crippen LogP contribution in [0.2, 0.25) is 0 Å². The summed E-state index contributed by atoms with van der Waals surface area (Å²) < 4.78 is 0. The predicted octanol–water partition coefficient (Wildman–Crippen LogP) is 0.521. The number of allylic oxidation sites excluding steroid dienone is 4. The standard InChI is InChI=1S/C7H11BO2/c1-6-3-2-4-7(5-6)8(9)10/h2-4,6,9-10H,5H2,1H3. The summed E-state index contributed by atoms with van der Waals surface area (Å²) in [5.74, 6) is 0.432. The van der Waals surface area contributed by atoms with Gasteiger partial charge in [-0.25, -0.2) is 0 Å². The Morgan fingerprint density at radius 1 is 1.60 bits per heavy atom. The minimum absolute atomic E-state index is 0.432. The average molecular weight is 138 g/mol. The fraction of sp³-hybridized carbons (Fsp3) is 0.429. The van der Waals surface area contributed by atoms with Crippen LogP contribution in [-0.4, -0.2) is 17.2 Å². The van der Waals surface area contributed by atoms with Crippen molar-refractivity contribution in [1.82, 2.24) is 0 Å². The fourth-order valence-electron chi connectivity index (χ4n) is 1.07. The zero-order valence-electron chi connectivity index (χ0n) is 5.99. The molecule has 0 saturated heterocycles. The molecule has 1 unspecified atom stereocenters. The first kappa shape index (κ1) is 7.57. The van der Waals surface area contributed by atoms with Crippen LogP contribution in [0.4, 0.5) is 0 Å². The summed E-state index contributed by atoms with van der Waals surface area (Å²) in [7, 11) is -1.27. The molecule has 54 valence electrons. The maximum Gasteiger partial charge on any atom is 0.484 e. The summed E-state index contributed by atoms with van der Waals surface area (Å²) in [5.41, 5.74) is 0.704. The zero-order valence-corrected chi connectivity index (χ0v) is 5.99. The Morgan fingerprint density at radius 2 is 2.30 bits per heavy atom. The monoisotopic (exact) mass is 138 g/mol. The minimum Gasteiger partial charge on any atom is -0.423 e. The van der Waals surface area contributed by atoms with E-state index in [0.717, 1.165) is 6.42 Å². The Kier molecular flexibility index (Phi) is 2.30. The summed E-state index contributed by atoms with van der Waals surface area (Å²) in [5, 5.41) is 17.5. The van der Waals surface area contributed by atoms with Crippen LogP contribution in [0.25, 0.3) is 0 Å². The molecule has 0 saturated carbocycles. The van der Waals surface area contributed by atoms with E-state index in [2.05, 4.69) is 0 Å². The van der Waals surface area contributed by atoms with E-state index in [0.29, 0.717) is 11.4 Å². The summed E-state index contributed by atoms with van der Waals surface area (Å²) in [6.07, 6.45) is 6.42. The van der Waals surface area contributed by atoms with Crippen molar-refractivity contribution in [3.05, 3.63) is 23.7 Å². The van der Waals surface area contributed by atoms with E-state index in [1.165, 1.54) is 0 Å². The Labute approximate surface area is 61.0 Å². The van der Waals surface area contributed by atoms with E-state index in [9.17, 15) is 0 Å². The van der Waals surface area contributed by atoms with Gasteiger partial charge in [-0.15, -0.1) is 0 Å². The molecule has 0 amide bonds. The molecule has 1 rings (SSSR count). The molecule has 0 aromatic rings. The molecule has 1 aliphatic carbocycles. The van der Waals surface area contributed by atoms with Crippen LogP contribution in [0.3, 0.4) is 0 Å². The first-order valence-corrected chi connectivity index (χ1v) is 3.43. The molecule has 1 aliphatic rings. The third kappa shape index (κ3) is 1.72. The van der Waals surface area contributed by atoms with Crippen LogP contribution in [-0.2, 0) is 0 Å². The minimum atomic E-state index is -1.27. The Morgan fingerprint density at radius 3 is 2.70 bits per heavy atom. The lowest BCUT2D eigenvalue weighted by Gasteiger charge is -2.12. The van der Waals surface area contributed by atoms with E-state index in [1.807, 2.05) is 19.1 Å². The molecule has 0 spiro atoms. The van der Waals surface area contributed by atoms with Gasteiger partial charge >= 0.3 is 7.12 Å². The number of hydrogen-bond donors (Lipinski definition) is 2. The molecule has 3 heteroatoms. The van der Waals surface area contributed by atoms with E-state index in [4.69, 9.17) is 10.0 Å². The zero-order chi connectivity index (χ0) is 7.56. The van der Waals surface area contributed by atoms with Crippen LogP contribution in [0.1, 0.15) is 13.3 Å². The smallest absolute Gasteiger partial charge is 0.423 e. The lowest BCUT2D eigenvalue weighted by molar-refractivity contribution is 0.414. The van der Waals surface area contributed by atoms with Gasteiger partial charge in [0.2, 0.25) is 0 Å². The molecule has 0 aromatic carbocycles. The fourth-order valence-corrected chi connectivity index (χ4v) is 1.07. The molecular weight excluding hydrogens is 127 g/mol. The molecule has 0 fully saturated rings. The lowest BCUT2D eigenvalue weighted by atomic mass is 9.73. The first-order valence-electron chi connectivity index (χ1n) is 3.43. The Hall–Kier alpha value is -0.535. The second kappa shape index (κ2) is 3.04. The van der Waals surface area contributed by atoms with E-state index in [1.54, 1.807) is 6.08 Å². The molecule has 2 N–H and O–H groups in total. The van der Waals surface area contributed by atoms with Gasteiger partial charge in [-0.2, -0.15) is 0 Å². The average Bonchev–Trinajstić information content (AvgIpc) is 1.88. The van der Waals surface area contributed by atoms with Gasteiger partial charge in [0.25, 0.3) is 0 Å². The molecule has 0 heterocycles. The van der Waals surface area contributed by atoms with Crippen LogP contribution in [0.15, 0.2) is 23.7 Å². The van der Waals surface area contributed by atoms with Crippen LogP contribution < -0.4 is 0 Å². The molecule has 0 aromatic heterocycles. The highest BCUT2D eigenvalue weighted by atomic mass is 16.4. The normalized spacial score (nSPS) is 24.3. The maximum absolute atomic E-state index is 8.75. The molecule has 0 radical (unpaired) electrons. The molecular formula is C7H11BO2. The van der Waals surface area contributed by atoms with Gasteiger partial charge in [0.15, 0.2) is 0 Å². The maximum atomic E-state index is 8.75. The highest BCUT2D eigenvalue weighted by molar-refractivity contribution is 6.50. The van der Waals surface area contributed by atoms with Crippen molar-refractivity contribution in [1.29, 1.82) is 0 Å². The quantitative estimate of drug-likeness (QED) is 0.518. The molecule has 2 nitrogen and oxygen atoms in total. The summed E-state index contributed by atoms with van der Waals surface area (Å²) in [6, 6.07) is 0. The van der Waals surface area contributed by atoms with Crippen molar-refractivity contribution in [2.75, 3.05) is 0 Å². The molecule has 10 heavy (non-hydrogen) atoms. The van der Waals surface area contributed by atoms with Gasteiger partial charge in [-0.1, -0.05) is 25.2 Å². The highest BCUT2D eigenvalue weighted by Gasteiger charge is 2.17. The van der Waals surface area contributed by atoms with Crippen molar-refractivity contribution in [3.63, 3.8) is 0 Å². The highest BCUT2D eigenvalue weighted by Crippen LogP contribution is 2.17. The van der Waals surface area contributed by atoms with Crippen molar-refractivity contribution < 1.29 is 10.0 Å². The third-order valence-corrected chi connectivity index (χ3v) is 1.64. The third-order valence-electron chi connectivity index (χ3n) is 1.64. The SMILES string of the molecule is CC1C=CC=C(B(O)O)C1. The molecule has 1 atom stereocenters. The van der Waals surface area contributed by atoms with Crippen molar-refractivity contribution >= 4 is 7.12 Å². The predicted molar refractivity (Wildman–Crippen MR) is 41.2 cm³/mol. The second-order valence-electron chi connectivity index (χ2n) is 2.68. The second-order valence-corrected chi connectivity index (χ2v) is 2.68. The largest absolute Gasteiger partial charge is 0.484 e. The van der Waals surface area contributed by atoms with Crippen molar-refractivity contribution in [3.8, 4) is 0 Å². The summed E-state index contributed by atoms with van der Waals surface area (Å²) in [4.78, 5) is 0. The van der Waals surface area contributed by atoms with Crippen LogP contribution >= 0.6 is 0 Å². The van der Waals surface area contributed by atoms with E-state index in [-0.39, 0.29) is 0 Å². The number of hydrogen-bond acceptors (Lipinski definition) is 2. The lowest BCUT2D eigenvalue weighted by Crippen LogP contribution is -2.18. The number of rotatable bonds is 1. The van der Waals surface area contributed by atoms with E-state index < -0.39 is 7.12 Å². The van der Waals surface area contributed by atoms with Gasteiger partial charge in [-0.3, -0.25) is 0 Å². The van der Waals surface area contributed by atoms with Crippen LogP contribution in [0.5, 0.6) is 0 Å². The molecule has 0 aliphatic heterocycles. The summed E-state index contributed by atoms with van der Waals surface area (Å²) in [6.45, 7) is 2.05. The van der Waals surface area contributed by atoms with Gasteiger partial charge in [-0.05, 0) is 17.8 Å².